The molecular formula is C16H24FN3O2S. The van der Waals surface area contributed by atoms with Crippen molar-refractivity contribution in [2.24, 2.45) is 10.7 Å². The summed E-state index contributed by atoms with van der Waals surface area (Å²) < 4.78 is 36.5. The Kier molecular flexibility index (Phi) is 5.98. The van der Waals surface area contributed by atoms with Crippen LogP contribution >= 0.6 is 0 Å². The van der Waals surface area contributed by atoms with Crippen LogP contribution in [0.3, 0.4) is 0 Å². The third-order valence-corrected chi connectivity index (χ3v) is 4.76. The fourth-order valence-corrected chi connectivity index (χ4v) is 3.58. The Morgan fingerprint density at radius 3 is 2.48 bits per heavy atom. The number of benzene rings is 1. The topological polar surface area (TPSA) is 75.8 Å². The number of hydrogen-bond acceptors (Lipinski definition) is 3. The average molecular weight is 341 g/mol. The van der Waals surface area contributed by atoms with Gasteiger partial charge in [0.2, 0.25) is 0 Å². The number of aliphatic imine (C=N–C) groups is 1. The molecule has 2 rings (SSSR count). The largest absolute Gasteiger partial charge is 0.370 e. The van der Waals surface area contributed by atoms with Gasteiger partial charge in [0.25, 0.3) is 0 Å². The molecule has 1 aromatic rings. The van der Waals surface area contributed by atoms with Crippen LogP contribution in [-0.4, -0.2) is 38.6 Å². The van der Waals surface area contributed by atoms with Gasteiger partial charge in [0, 0.05) is 19.3 Å². The highest BCUT2D eigenvalue weighted by molar-refractivity contribution is 7.89. The standard InChI is InChI=1S/C16H24FN3O2S/c1-23(21,22)12-13-6-7-15(17)10-14(13)11-19-16(18)20-8-4-2-3-5-9-20/h6-7,10H,2-5,8-9,11-12H2,1H3,(H2,18,19). The monoisotopic (exact) mass is 341 g/mol. The van der Waals surface area contributed by atoms with E-state index in [0.29, 0.717) is 17.1 Å². The highest BCUT2D eigenvalue weighted by Crippen LogP contribution is 2.16. The van der Waals surface area contributed by atoms with E-state index < -0.39 is 15.7 Å². The predicted octanol–water partition coefficient (Wildman–Crippen LogP) is 2.06. The third-order valence-electron chi connectivity index (χ3n) is 3.93. The Labute approximate surface area is 137 Å². The molecule has 7 heteroatoms. The maximum absolute atomic E-state index is 13.5. The van der Waals surface area contributed by atoms with Crippen molar-refractivity contribution in [1.82, 2.24) is 4.90 Å². The zero-order valence-electron chi connectivity index (χ0n) is 13.5. The summed E-state index contributed by atoms with van der Waals surface area (Å²) in [7, 11) is -3.19. The second-order valence-electron chi connectivity index (χ2n) is 6.06. The van der Waals surface area contributed by atoms with Gasteiger partial charge in [0.05, 0.1) is 12.3 Å². The van der Waals surface area contributed by atoms with Crippen LogP contribution in [0.2, 0.25) is 0 Å². The first kappa shape index (κ1) is 17.7. The van der Waals surface area contributed by atoms with Crippen LogP contribution in [0.15, 0.2) is 23.2 Å². The van der Waals surface area contributed by atoms with Gasteiger partial charge >= 0.3 is 0 Å². The minimum absolute atomic E-state index is 0.123. The first-order valence-corrected chi connectivity index (χ1v) is 9.91. The van der Waals surface area contributed by atoms with E-state index in [2.05, 4.69) is 4.99 Å². The van der Waals surface area contributed by atoms with Crippen LogP contribution in [0.5, 0.6) is 0 Å². The SMILES string of the molecule is CS(=O)(=O)Cc1ccc(F)cc1CN=C(N)N1CCCCCC1. The fraction of sp³-hybridized carbons (Fsp3) is 0.562. The lowest BCUT2D eigenvalue weighted by molar-refractivity contribution is 0.428. The third kappa shape index (κ3) is 5.82. The first-order valence-electron chi connectivity index (χ1n) is 7.85. The number of rotatable bonds is 4. The van der Waals surface area contributed by atoms with E-state index in [0.717, 1.165) is 32.2 Å². The van der Waals surface area contributed by atoms with E-state index in [1.807, 2.05) is 4.90 Å². The van der Waals surface area contributed by atoms with E-state index in [1.54, 1.807) is 0 Å². The maximum atomic E-state index is 13.5. The van der Waals surface area contributed by atoms with Crippen LogP contribution in [-0.2, 0) is 22.1 Å². The Morgan fingerprint density at radius 1 is 1.22 bits per heavy atom. The first-order chi connectivity index (χ1) is 10.8. The number of nitrogens with zero attached hydrogens (tertiary/aromatic N) is 2. The molecule has 0 saturated carbocycles. The van der Waals surface area contributed by atoms with Gasteiger partial charge in [-0.15, -0.1) is 0 Å². The van der Waals surface area contributed by atoms with Crippen LogP contribution in [0, 0.1) is 5.82 Å². The molecule has 0 spiro atoms. The van der Waals surface area contributed by atoms with Gasteiger partial charge in [0.1, 0.15) is 5.82 Å². The van der Waals surface area contributed by atoms with Gasteiger partial charge < -0.3 is 10.6 Å². The lowest BCUT2D eigenvalue weighted by atomic mass is 10.1. The van der Waals surface area contributed by atoms with Crippen LogP contribution in [0.4, 0.5) is 4.39 Å². The second-order valence-corrected chi connectivity index (χ2v) is 8.20. The van der Waals surface area contributed by atoms with Crippen molar-refractivity contribution < 1.29 is 12.8 Å². The van der Waals surface area contributed by atoms with Gasteiger partial charge in [0.15, 0.2) is 15.8 Å². The Balaban J connectivity index is 2.14. The molecule has 1 heterocycles. The lowest BCUT2D eigenvalue weighted by Crippen LogP contribution is -2.38. The van der Waals surface area contributed by atoms with E-state index in [4.69, 9.17) is 5.73 Å². The molecule has 0 atom stereocenters. The van der Waals surface area contributed by atoms with Gasteiger partial charge in [-0.3, -0.25) is 0 Å². The van der Waals surface area contributed by atoms with E-state index in [-0.39, 0.29) is 12.3 Å². The highest BCUT2D eigenvalue weighted by Gasteiger charge is 2.13. The van der Waals surface area contributed by atoms with Crippen molar-refractivity contribution in [3.63, 3.8) is 0 Å². The molecule has 1 aliphatic heterocycles. The normalized spacial score (nSPS) is 17.1. The molecule has 0 unspecified atom stereocenters. The number of nitrogens with two attached hydrogens (primary N) is 1. The summed E-state index contributed by atoms with van der Waals surface area (Å²) >= 11 is 0. The highest BCUT2D eigenvalue weighted by atomic mass is 32.2. The van der Waals surface area contributed by atoms with E-state index in [1.165, 1.54) is 31.0 Å². The quantitative estimate of drug-likeness (QED) is 0.672. The summed E-state index contributed by atoms with van der Waals surface area (Å²) in [6.45, 7) is 1.95. The molecule has 0 amide bonds. The van der Waals surface area contributed by atoms with Crippen molar-refractivity contribution >= 4 is 15.8 Å². The van der Waals surface area contributed by atoms with Crippen LogP contribution in [0.1, 0.15) is 36.8 Å². The summed E-state index contributed by atoms with van der Waals surface area (Å²) in [5, 5.41) is 0. The predicted molar refractivity (Wildman–Crippen MR) is 90.3 cm³/mol. The van der Waals surface area contributed by atoms with Gasteiger partial charge in [-0.2, -0.15) is 0 Å². The minimum Gasteiger partial charge on any atom is -0.370 e. The minimum atomic E-state index is -3.19. The van der Waals surface area contributed by atoms with Crippen LogP contribution in [0.25, 0.3) is 0 Å². The molecule has 0 aliphatic carbocycles. The lowest BCUT2D eigenvalue weighted by Gasteiger charge is -2.21. The number of halogens is 1. The molecule has 1 aromatic carbocycles. The summed E-state index contributed by atoms with van der Waals surface area (Å²) in [6, 6.07) is 4.11. The van der Waals surface area contributed by atoms with Gasteiger partial charge in [-0.1, -0.05) is 18.9 Å². The fourth-order valence-electron chi connectivity index (χ4n) is 2.73. The summed E-state index contributed by atoms with van der Waals surface area (Å²) in [6.07, 6.45) is 5.75. The molecular weight excluding hydrogens is 317 g/mol. The molecule has 128 valence electrons. The molecule has 2 N–H and O–H groups in total. The number of guanidine groups is 1. The zero-order chi connectivity index (χ0) is 16.9. The molecule has 5 nitrogen and oxygen atoms in total. The summed E-state index contributed by atoms with van der Waals surface area (Å²) in [5.74, 6) is -0.0795. The summed E-state index contributed by atoms with van der Waals surface area (Å²) in [5.41, 5.74) is 7.18. The molecule has 1 saturated heterocycles. The van der Waals surface area contributed by atoms with E-state index in [9.17, 15) is 12.8 Å². The smallest absolute Gasteiger partial charge is 0.191 e. The van der Waals surface area contributed by atoms with Gasteiger partial charge in [-0.25, -0.2) is 17.8 Å². The Bertz CT molecular complexity index is 666. The van der Waals surface area contributed by atoms with Crippen molar-refractivity contribution in [2.45, 2.75) is 38.0 Å². The maximum Gasteiger partial charge on any atom is 0.191 e. The number of hydrogen-bond donors (Lipinski definition) is 1. The van der Waals surface area contributed by atoms with Crippen molar-refractivity contribution in [2.75, 3.05) is 19.3 Å². The number of sulfone groups is 1. The van der Waals surface area contributed by atoms with Crippen molar-refractivity contribution in [1.29, 1.82) is 0 Å². The zero-order valence-corrected chi connectivity index (χ0v) is 14.3. The molecule has 0 radical (unpaired) electrons. The van der Waals surface area contributed by atoms with Gasteiger partial charge in [-0.05, 0) is 36.1 Å². The van der Waals surface area contributed by atoms with Crippen molar-refractivity contribution in [3.8, 4) is 0 Å². The molecule has 0 bridgehead atoms. The van der Waals surface area contributed by atoms with Crippen molar-refractivity contribution in [3.05, 3.63) is 35.1 Å². The summed E-state index contributed by atoms with van der Waals surface area (Å²) in [4.78, 5) is 6.39. The van der Waals surface area contributed by atoms with Crippen LogP contribution < -0.4 is 5.73 Å². The molecule has 1 aliphatic rings. The van der Waals surface area contributed by atoms with E-state index >= 15 is 0 Å². The molecule has 0 aromatic heterocycles. The average Bonchev–Trinajstić information content (AvgIpc) is 2.75. The molecule has 23 heavy (non-hydrogen) atoms. The Morgan fingerprint density at radius 2 is 1.87 bits per heavy atom. The number of likely N-dealkylation sites (tertiary alicyclic amines) is 1. The molecule has 1 fully saturated rings. The Hall–Kier alpha value is -1.63. The second kappa shape index (κ2) is 7.77.